The van der Waals surface area contributed by atoms with Crippen molar-refractivity contribution in [2.75, 3.05) is 61.3 Å². The Morgan fingerprint density at radius 3 is 1.48 bits per heavy atom. The topological polar surface area (TPSA) is 164 Å². The van der Waals surface area contributed by atoms with Gasteiger partial charge in [-0.3, -0.25) is 9.59 Å². The molecule has 0 fully saturated rings. The highest BCUT2D eigenvalue weighted by atomic mass is 16.5. The van der Waals surface area contributed by atoms with E-state index in [0.29, 0.717) is 79.8 Å². The average molecular weight is 855 g/mol. The van der Waals surface area contributed by atoms with Crippen LogP contribution < -0.4 is 30.7 Å². The van der Waals surface area contributed by atoms with Crippen molar-refractivity contribution in [3.63, 3.8) is 0 Å². The molecule has 4 aromatic carbocycles. The van der Waals surface area contributed by atoms with Crippen molar-refractivity contribution in [1.82, 2.24) is 0 Å². The fourth-order valence-corrected chi connectivity index (χ4v) is 9.46. The van der Waals surface area contributed by atoms with Gasteiger partial charge in [0.15, 0.2) is 0 Å². The molecular weight excluding hydrogens is 797 g/mol. The lowest BCUT2D eigenvalue weighted by atomic mass is 9.79. The van der Waals surface area contributed by atoms with Crippen molar-refractivity contribution >= 4 is 46.5 Å². The summed E-state index contributed by atoms with van der Waals surface area (Å²) in [6.45, 7) is 7.89. The molecule has 0 bridgehead atoms. The number of esters is 2. The van der Waals surface area contributed by atoms with E-state index < -0.39 is 0 Å². The summed E-state index contributed by atoms with van der Waals surface area (Å²) < 4.78 is 21.3. The number of fused-ring (bicyclic) bond motifs is 2. The molecule has 2 aliphatic heterocycles. The van der Waals surface area contributed by atoms with Crippen LogP contribution in [-0.2, 0) is 31.9 Å². The molecule has 0 saturated heterocycles. The van der Waals surface area contributed by atoms with Crippen LogP contribution >= 0.6 is 0 Å². The first-order valence-electron chi connectivity index (χ1n) is 22.0. The van der Waals surface area contributed by atoms with Crippen molar-refractivity contribution in [1.29, 1.82) is 0 Å². The fourth-order valence-electron chi connectivity index (χ4n) is 9.46. The van der Waals surface area contributed by atoms with Gasteiger partial charge in [-0.2, -0.15) is 0 Å². The van der Waals surface area contributed by atoms with Gasteiger partial charge < -0.3 is 40.2 Å². The molecule has 4 N–H and O–H groups in total. The number of nitrogens with two attached hydrogens (primary N) is 2. The number of allylic oxidation sites excluding steroid dienone is 2. The van der Waals surface area contributed by atoms with E-state index in [9.17, 15) is 19.2 Å². The van der Waals surface area contributed by atoms with Gasteiger partial charge in [-0.25, -0.2) is 9.59 Å². The number of para-hydroxylation sites is 2. The molecule has 330 valence electrons. The highest BCUT2D eigenvalue weighted by molar-refractivity contribution is 6.08. The smallest absolute Gasteiger partial charge is 0.333 e. The van der Waals surface area contributed by atoms with Gasteiger partial charge in [0.05, 0.1) is 38.3 Å². The summed E-state index contributed by atoms with van der Waals surface area (Å²) in [6, 6.07) is 26.4. The van der Waals surface area contributed by atoms with Gasteiger partial charge in [-0.15, -0.1) is 0 Å². The van der Waals surface area contributed by atoms with Gasteiger partial charge in [0.2, 0.25) is 0 Å². The van der Waals surface area contributed by atoms with Gasteiger partial charge in [0, 0.05) is 46.7 Å². The standard InChI is InChI=1S/C26H30N2O4.C25H28N2O4/c1-3-31-23-15-18(9-10-21(23)27)24(29)28-14-13-26(16-19-7-5-6-8-22(19)28)12-11-20(17-26)25(30)32-4-2;1-3-31-24(29)19-10-11-25(16-19)12-13-27(21-7-5-4-6-18(21)15-25)23(28)17-8-9-20(26)22(14-17)30-2/h5-10,15,17H,3-4,11-14,16,27H2,1-2H3;4-9,14,16H,3,10-13,15,26H2,1-2H3/t26-;25-/m00/s1. The van der Waals surface area contributed by atoms with Crippen LogP contribution in [0.4, 0.5) is 22.7 Å². The molecule has 2 aliphatic carbocycles. The molecule has 0 saturated carbocycles. The van der Waals surface area contributed by atoms with Gasteiger partial charge >= 0.3 is 11.9 Å². The van der Waals surface area contributed by atoms with E-state index in [2.05, 4.69) is 24.3 Å². The maximum Gasteiger partial charge on any atom is 0.333 e. The van der Waals surface area contributed by atoms with Crippen molar-refractivity contribution in [2.45, 2.75) is 72.1 Å². The molecule has 2 amide bonds. The number of rotatable bonds is 9. The predicted octanol–water partition coefficient (Wildman–Crippen LogP) is 8.67. The number of amides is 2. The third kappa shape index (κ3) is 9.60. The van der Waals surface area contributed by atoms with E-state index in [4.69, 9.17) is 30.4 Å². The Labute approximate surface area is 369 Å². The number of benzene rings is 4. The number of ether oxygens (including phenoxy) is 4. The molecule has 2 heterocycles. The quantitative estimate of drug-likeness (QED) is 0.123. The van der Waals surface area contributed by atoms with E-state index in [1.807, 2.05) is 67.0 Å². The first-order valence-corrected chi connectivity index (χ1v) is 22.0. The van der Waals surface area contributed by atoms with Crippen molar-refractivity contribution in [2.24, 2.45) is 10.8 Å². The summed E-state index contributed by atoms with van der Waals surface area (Å²) >= 11 is 0. The van der Waals surface area contributed by atoms with Crippen molar-refractivity contribution in [3.8, 4) is 11.5 Å². The summed E-state index contributed by atoms with van der Waals surface area (Å²) in [6.07, 6.45) is 10.5. The monoisotopic (exact) mass is 854 g/mol. The summed E-state index contributed by atoms with van der Waals surface area (Å²) in [5, 5.41) is 0. The molecule has 2 atom stereocenters. The molecule has 12 nitrogen and oxygen atoms in total. The van der Waals surface area contributed by atoms with Crippen LogP contribution in [0.25, 0.3) is 0 Å². The molecular formula is C51H58N4O8. The largest absolute Gasteiger partial charge is 0.495 e. The molecule has 0 aromatic heterocycles. The molecule has 0 unspecified atom stereocenters. The second-order valence-electron chi connectivity index (χ2n) is 16.7. The number of carbonyl (C=O) groups is 4. The highest BCUT2D eigenvalue weighted by Gasteiger charge is 2.41. The number of methoxy groups -OCH3 is 1. The minimum atomic E-state index is -0.223. The molecule has 63 heavy (non-hydrogen) atoms. The summed E-state index contributed by atoms with van der Waals surface area (Å²) in [4.78, 5) is 55.3. The molecule has 12 heteroatoms. The number of carbonyl (C=O) groups excluding carboxylic acids is 4. The normalized spacial score (nSPS) is 19.9. The van der Waals surface area contributed by atoms with Crippen LogP contribution in [0, 0.1) is 10.8 Å². The van der Waals surface area contributed by atoms with E-state index in [1.54, 1.807) is 43.5 Å². The summed E-state index contributed by atoms with van der Waals surface area (Å²) in [5.41, 5.74) is 19.3. The third-order valence-corrected chi connectivity index (χ3v) is 12.7. The van der Waals surface area contributed by atoms with E-state index >= 15 is 0 Å². The van der Waals surface area contributed by atoms with Crippen LogP contribution in [-0.4, -0.2) is 63.8 Å². The van der Waals surface area contributed by atoms with E-state index in [1.165, 1.54) is 0 Å². The molecule has 2 spiro atoms. The minimum absolute atomic E-state index is 0.0805. The number of hydrogen-bond acceptors (Lipinski definition) is 10. The van der Waals surface area contributed by atoms with Crippen LogP contribution in [0.15, 0.2) is 108 Å². The predicted molar refractivity (Wildman–Crippen MR) is 245 cm³/mol. The SMILES string of the molecule is CCOC(=O)C1=C[C@@]2(CC1)CCN(C(=O)c1ccc(N)c(OC)c1)c1ccccc1C2.CCOC(=O)C1=C[C@@]2(CC1)CCN(C(=O)c1ccc(N)c(OCC)c1)c1ccccc1C2. The molecule has 4 aliphatic rings. The second-order valence-corrected chi connectivity index (χ2v) is 16.7. The first-order chi connectivity index (χ1) is 30.4. The minimum Gasteiger partial charge on any atom is -0.495 e. The maximum absolute atomic E-state index is 13.6. The van der Waals surface area contributed by atoms with Crippen LogP contribution in [0.3, 0.4) is 0 Å². The Bertz CT molecular complexity index is 2440. The molecule has 4 aromatic rings. The van der Waals surface area contributed by atoms with Gasteiger partial charge in [-0.05, 0) is 143 Å². The number of hydrogen-bond donors (Lipinski definition) is 2. The Kier molecular flexibility index (Phi) is 13.6. The Morgan fingerprint density at radius 1 is 0.587 bits per heavy atom. The number of anilines is 4. The Morgan fingerprint density at radius 2 is 1.03 bits per heavy atom. The van der Waals surface area contributed by atoms with Gasteiger partial charge in [0.1, 0.15) is 11.5 Å². The average Bonchev–Trinajstić information content (AvgIpc) is 3.81. The zero-order chi connectivity index (χ0) is 44.7. The summed E-state index contributed by atoms with van der Waals surface area (Å²) in [7, 11) is 1.54. The summed E-state index contributed by atoms with van der Waals surface area (Å²) in [5.74, 6) is 0.399. The maximum atomic E-state index is 13.6. The van der Waals surface area contributed by atoms with E-state index in [-0.39, 0.29) is 34.6 Å². The lowest BCUT2D eigenvalue weighted by Crippen LogP contribution is -2.33. The van der Waals surface area contributed by atoms with Crippen molar-refractivity contribution < 1.29 is 38.1 Å². The number of nitrogen functional groups attached to an aromatic ring is 2. The highest BCUT2D eigenvalue weighted by Crippen LogP contribution is 2.48. The van der Waals surface area contributed by atoms with Crippen molar-refractivity contribution in [3.05, 3.63) is 130 Å². The lowest BCUT2D eigenvalue weighted by molar-refractivity contribution is -0.139. The number of nitrogens with zero attached hydrogens (tertiary/aromatic N) is 2. The third-order valence-electron chi connectivity index (χ3n) is 12.7. The molecule has 8 rings (SSSR count). The first kappa shape index (κ1) is 44.5. The van der Waals surface area contributed by atoms with Crippen LogP contribution in [0.1, 0.15) is 91.1 Å². The van der Waals surface area contributed by atoms with Gasteiger partial charge in [0.25, 0.3) is 11.8 Å². The Hall–Kier alpha value is -6.56. The zero-order valence-corrected chi connectivity index (χ0v) is 36.7. The van der Waals surface area contributed by atoms with Gasteiger partial charge in [-0.1, -0.05) is 48.6 Å². The zero-order valence-electron chi connectivity index (χ0n) is 36.7. The molecule has 0 radical (unpaired) electrons. The second kappa shape index (κ2) is 19.2. The van der Waals surface area contributed by atoms with E-state index in [0.717, 1.165) is 72.2 Å². The van der Waals surface area contributed by atoms with Crippen LogP contribution in [0.5, 0.6) is 11.5 Å². The Balaban J connectivity index is 0.000000189. The van der Waals surface area contributed by atoms with Crippen LogP contribution in [0.2, 0.25) is 0 Å². The fraction of sp³-hybridized carbons (Fsp3) is 0.373. The lowest BCUT2D eigenvalue weighted by Gasteiger charge is -2.26.